The van der Waals surface area contributed by atoms with Crippen LogP contribution in [0.25, 0.3) is 0 Å². The van der Waals surface area contributed by atoms with E-state index in [1.165, 1.54) is 0 Å². The molecular formula is C28H24Cl2HfN2O2. The molecule has 0 aliphatic carbocycles. The van der Waals surface area contributed by atoms with Crippen molar-refractivity contribution in [3.63, 3.8) is 0 Å². The number of para-hydroxylation sites is 2. The van der Waals surface area contributed by atoms with Gasteiger partial charge in [-0.2, -0.15) is 0 Å². The standard InChI is InChI=1S/2C14H13NO.2ClH.Hf/c2*1-11-7-9-12(10-8-11)14(16)15-13-5-3-2-4-6-13;;;/h2*2-10H,1H3,(H,15,16);2*1H;/q;;;;+4/p-4. The van der Waals surface area contributed by atoms with Gasteiger partial charge in [-0.25, -0.2) is 0 Å². The first kappa shape index (κ1) is 28.5. The molecule has 4 aromatic rings. The first-order valence-electron chi connectivity index (χ1n) is 10.7. The summed E-state index contributed by atoms with van der Waals surface area (Å²) in [5, 5.41) is 0. The predicted octanol–water partition coefficient (Wildman–Crippen LogP) is 0.218. The van der Waals surface area contributed by atoms with E-state index in [4.69, 9.17) is 0 Å². The smallest absolute Gasteiger partial charge is 1.00 e. The van der Waals surface area contributed by atoms with Crippen molar-refractivity contribution in [2.75, 3.05) is 5.78 Å². The Morgan fingerprint density at radius 1 is 0.514 bits per heavy atom. The molecule has 2 amide bonds. The van der Waals surface area contributed by atoms with Crippen LogP contribution >= 0.6 is 0 Å². The zero-order valence-corrected chi connectivity index (χ0v) is 24.5. The van der Waals surface area contributed by atoms with Crippen LogP contribution in [0.5, 0.6) is 0 Å². The topological polar surface area (TPSA) is 40.6 Å². The Morgan fingerprint density at radius 2 is 0.829 bits per heavy atom. The Balaban J connectivity index is 0.00000216. The van der Waals surface area contributed by atoms with Crippen LogP contribution in [0.4, 0.5) is 11.4 Å². The molecule has 0 radical (unpaired) electrons. The molecule has 0 aliphatic heterocycles. The van der Waals surface area contributed by atoms with Crippen molar-refractivity contribution in [2.45, 2.75) is 13.8 Å². The number of hydrogen-bond acceptors (Lipinski definition) is 2. The number of hydrogen-bond donors (Lipinski definition) is 0. The van der Waals surface area contributed by atoms with Crippen molar-refractivity contribution in [1.82, 2.24) is 0 Å². The SMILES string of the molecule is Cc1ccc(C(=O)[N]([Hf+2][N](C(=O)c2ccc(C)cc2)c2ccccc2)c2ccccc2)cc1.[Cl-].[Cl-]. The fraction of sp³-hybridized carbons (Fsp3) is 0.0714. The molecule has 4 rings (SSSR count). The second-order valence-corrected chi connectivity index (χ2v) is 11.7. The minimum absolute atomic E-state index is 0. The molecule has 0 unspecified atom stereocenters. The van der Waals surface area contributed by atoms with Gasteiger partial charge in [-0.05, 0) is 0 Å². The fourth-order valence-electron chi connectivity index (χ4n) is 3.35. The van der Waals surface area contributed by atoms with E-state index < -0.39 is 23.5 Å². The monoisotopic (exact) mass is 670 g/mol. The van der Waals surface area contributed by atoms with Crippen molar-refractivity contribution in [3.05, 3.63) is 131 Å². The maximum atomic E-state index is 13.7. The van der Waals surface area contributed by atoms with E-state index in [1.54, 1.807) is 0 Å². The van der Waals surface area contributed by atoms with E-state index >= 15 is 0 Å². The van der Waals surface area contributed by atoms with Gasteiger partial charge < -0.3 is 24.8 Å². The molecule has 35 heavy (non-hydrogen) atoms. The van der Waals surface area contributed by atoms with Crippen LogP contribution in [-0.2, 0) is 23.5 Å². The van der Waals surface area contributed by atoms with Crippen molar-refractivity contribution < 1.29 is 57.9 Å². The molecule has 0 saturated heterocycles. The second-order valence-electron chi connectivity index (χ2n) is 7.78. The number of aryl methyl sites for hydroxylation is 2. The maximum Gasteiger partial charge on any atom is -1.00 e. The van der Waals surface area contributed by atoms with Crippen LogP contribution in [-0.4, -0.2) is 11.8 Å². The summed E-state index contributed by atoms with van der Waals surface area (Å²) < 4.78 is 3.67. The molecule has 4 nitrogen and oxygen atoms in total. The number of amides is 2. The third-order valence-electron chi connectivity index (χ3n) is 5.23. The van der Waals surface area contributed by atoms with Crippen molar-refractivity contribution in [2.24, 2.45) is 0 Å². The van der Waals surface area contributed by atoms with E-state index in [2.05, 4.69) is 0 Å². The largest absolute Gasteiger partial charge is 1.00 e. The van der Waals surface area contributed by atoms with Crippen LogP contribution in [0.2, 0.25) is 0 Å². The molecule has 0 bridgehead atoms. The number of anilines is 2. The summed E-state index contributed by atoms with van der Waals surface area (Å²) in [6, 6.07) is 34.4. The van der Waals surface area contributed by atoms with Gasteiger partial charge in [-0.1, -0.05) is 0 Å². The van der Waals surface area contributed by atoms with Crippen LogP contribution in [0.3, 0.4) is 0 Å². The zero-order valence-electron chi connectivity index (χ0n) is 19.4. The Labute approximate surface area is 230 Å². The van der Waals surface area contributed by atoms with Crippen molar-refractivity contribution in [3.8, 4) is 0 Å². The van der Waals surface area contributed by atoms with Crippen molar-refractivity contribution in [1.29, 1.82) is 0 Å². The van der Waals surface area contributed by atoms with E-state index in [0.717, 1.165) is 22.5 Å². The zero-order chi connectivity index (χ0) is 23.2. The van der Waals surface area contributed by atoms with Crippen LogP contribution < -0.4 is 30.6 Å². The summed E-state index contributed by atoms with van der Waals surface area (Å²) in [5.74, 6) is -0.163. The van der Waals surface area contributed by atoms with Gasteiger partial charge in [-0.15, -0.1) is 0 Å². The van der Waals surface area contributed by atoms with Crippen molar-refractivity contribution >= 4 is 23.2 Å². The maximum absolute atomic E-state index is 13.7. The summed E-state index contributed by atoms with van der Waals surface area (Å²) in [6.45, 7) is 4.00. The average molecular weight is 670 g/mol. The van der Waals surface area contributed by atoms with Crippen LogP contribution in [0.15, 0.2) is 109 Å². The van der Waals surface area contributed by atoms with E-state index in [0.29, 0.717) is 11.1 Å². The number of rotatable bonds is 6. The first-order chi connectivity index (χ1) is 16.0. The Kier molecular flexibility index (Phi) is 10.9. The molecule has 0 N–H and O–H groups in total. The molecule has 0 aromatic heterocycles. The van der Waals surface area contributed by atoms with Gasteiger partial charge in [0, 0.05) is 0 Å². The molecule has 0 atom stereocenters. The Morgan fingerprint density at radius 3 is 1.14 bits per heavy atom. The van der Waals surface area contributed by atoms with E-state index in [1.807, 2.05) is 129 Å². The van der Waals surface area contributed by atoms with E-state index in [9.17, 15) is 9.59 Å². The van der Waals surface area contributed by atoms with Gasteiger partial charge >= 0.3 is 207 Å². The first-order valence-corrected chi connectivity index (χ1v) is 13.9. The summed E-state index contributed by atoms with van der Waals surface area (Å²) in [6.07, 6.45) is 0. The van der Waals surface area contributed by atoms with Gasteiger partial charge in [0.1, 0.15) is 0 Å². The number of carbonyl (C=O) groups excluding carboxylic acids is 2. The summed E-state index contributed by atoms with van der Waals surface area (Å²) in [5.41, 5.74) is 5.05. The Bertz CT molecular complexity index is 1140. The normalized spacial score (nSPS) is 9.66. The van der Waals surface area contributed by atoms with Gasteiger partial charge in [0.2, 0.25) is 0 Å². The Hall–Kier alpha value is -2.73. The van der Waals surface area contributed by atoms with Gasteiger partial charge in [0.05, 0.1) is 0 Å². The number of benzene rings is 4. The summed E-state index contributed by atoms with van der Waals surface area (Å²) >= 11 is -2.26. The molecule has 0 spiro atoms. The molecule has 0 heterocycles. The molecule has 0 fully saturated rings. The summed E-state index contributed by atoms with van der Waals surface area (Å²) in [4.78, 5) is 27.3. The van der Waals surface area contributed by atoms with Gasteiger partial charge in [-0.3, -0.25) is 0 Å². The molecule has 0 aliphatic rings. The van der Waals surface area contributed by atoms with Gasteiger partial charge in [0.25, 0.3) is 0 Å². The average Bonchev–Trinajstić information content (AvgIpc) is 2.86. The fourth-order valence-corrected chi connectivity index (χ4v) is 7.55. The molecule has 4 aromatic carbocycles. The minimum Gasteiger partial charge on any atom is -1.00 e. The third kappa shape index (κ3) is 7.14. The van der Waals surface area contributed by atoms with Crippen LogP contribution in [0, 0.1) is 13.8 Å². The number of nitrogens with zero attached hydrogens (tertiary/aromatic N) is 2. The predicted molar refractivity (Wildman–Crippen MR) is 129 cm³/mol. The second kappa shape index (κ2) is 13.4. The molecule has 0 saturated carbocycles. The van der Waals surface area contributed by atoms with Gasteiger partial charge in [0.15, 0.2) is 0 Å². The molecule has 176 valence electrons. The number of carbonyl (C=O) groups is 2. The third-order valence-corrected chi connectivity index (χ3v) is 9.98. The molecule has 7 heteroatoms. The number of halogens is 2. The van der Waals surface area contributed by atoms with E-state index in [-0.39, 0.29) is 36.6 Å². The van der Waals surface area contributed by atoms with Crippen LogP contribution in [0.1, 0.15) is 31.8 Å². The molecular weight excluding hydrogens is 646 g/mol. The summed E-state index contributed by atoms with van der Waals surface area (Å²) in [7, 11) is 0. The minimum atomic E-state index is -2.26. The quantitative estimate of drug-likeness (QED) is 0.276.